The molecule has 1 saturated heterocycles. The van der Waals surface area contributed by atoms with Crippen molar-refractivity contribution in [1.82, 2.24) is 10.2 Å². The van der Waals surface area contributed by atoms with E-state index in [-0.39, 0.29) is 18.2 Å². The van der Waals surface area contributed by atoms with Crippen LogP contribution in [0.2, 0.25) is 0 Å². The molecule has 3 rings (SSSR count). The maximum Gasteiger partial charge on any atom is 0.266 e. The summed E-state index contributed by atoms with van der Waals surface area (Å²) in [5.74, 6) is 0.128. The van der Waals surface area contributed by atoms with E-state index < -0.39 is 6.10 Å². The number of carbonyl (C=O) groups excluding carboxylic acids is 2. The largest absolute Gasteiger partial charge is 0.478 e. The Kier molecular flexibility index (Phi) is 5.09. The molecule has 2 aliphatic rings. The third-order valence-corrected chi connectivity index (χ3v) is 3.93. The lowest BCUT2D eigenvalue weighted by Crippen LogP contribution is -2.44. The van der Waals surface area contributed by atoms with Gasteiger partial charge in [0.2, 0.25) is 5.91 Å². The van der Waals surface area contributed by atoms with Crippen molar-refractivity contribution in [1.29, 1.82) is 0 Å². The Morgan fingerprint density at radius 2 is 2.09 bits per heavy atom. The number of hydrogen-bond acceptors (Lipinski definition) is 5. The lowest BCUT2D eigenvalue weighted by atomic mass is 10.1. The fourth-order valence-corrected chi connectivity index (χ4v) is 2.65. The smallest absolute Gasteiger partial charge is 0.266 e. The highest BCUT2D eigenvalue weighted by molar-refractivity contribution is 5.99. The first-order chi connectivity index (χ1) is 11.2. The number of nitrogens with one attached hydrogen (secondary N) is 2. The number of fused-ring (bicyclic) bond motifs is 1. The Labute approximate surface area is 134 Å². The maximum atomic E-state index is 12.0. The third kappa shape index (κ3) is 4.20. The summed E-state index contributed by atoms with van der Waals surface area (Å²) in [5.41, 5.74) is 0.640. The van der Waals surface area contributed by atoms with Crippen LogP contribution in [0.5, 0.6) is 5.75 Å². The van der Waals surface area contributed by atoms with Crippen molar-refractivity contribution >= 4 is 17.5 Å². The summed E-state index contributed by atoms with van der Waals surface area (Å²) in [4.78, 5) is 26.2. The predicted octanol–water partition coefficient (Wildman–Crippen LogP) is 0.225. The van der Waals surface area contributed by atoms with Crippen molar-refractivity contribution in [3.05, 3.63) is 24.3 Å². The lowest BCUT2D eigenvalue weighted by molar-refractivity contribution is -0.130. The summed E-state index contributed by atoms with van der Waals surface area (Å²) in [6.45, 7) is 4.61. The van der Waals surface area contributed by atoms with E-state index in [1.165, 1.54) is 0 Å². The van der Waals surface area contributed by atoms with Crippen molar-refractivity contribution in [2.75, 3.05) is 44.7 Å². The molecule has 1 aromatic carbocycles. The number of para-hydroxylation sites is 2. The molecule has 2 aliphatic heterocycles. The molecule has 0 saturated carbocycles. The van der Waals surface area contributed by atoms with Crippen LogP contribution >= 0.6 is 0 Å². The number of nitrogens with zero attached hydrogens (tertiary/aromatic N) is 1. The molecule has 1 atom stereocenters. The second kappa shape index (κ2) is 7.43. The van der Waals surface area contributed by atoms with E-state index in [1.807, 2.05) is 12.1 Å². The van der Waals surface area contributed by atoms with Crippen LogP contribution in [-0.4, -0.2) is 62.2 Å². The molecule has 7 heteroatoms. The molecule has 0 bridgehead atoms. The molecule has 1 aromatic rings. The number of amides is 2. The van der Waals surface area contributed by atoms with Crippen molar-refractivity contribution in [2.24, 2.45) is 0 Å². The molecule has 0 aromatic heterocycles. The molecule has 7 nitrogen and oxygen atoms in total. The molecule has 2 amide bonds. The van der Waals surface area contributed by atoms with Gasteiger partial charge < -0.3 is 20.1 Å². The highest BCUT2D eigenvalue weighted by Gasteiger charge is 2.29. The molecule has 0 spiro atoms. The number of anilines is 1. The van der Waals surface area contributed by atoms with E-state index in [0.29, 0.717) is 18.0 Å². The van der Waals surface area contributed by atoms with Gasteiger partial charge in [-0.1, -0.05) is 12.1 Å². The molecular formula is C16H21N3O4. The van der Waals surface area contributed by atoms with Crippen LogP contribution in [0.1, 0.15) is 6.42 Å². The summed E-state index contributed by atoms with van der Waals surface area (Å²) in [6, 6.07) is 7.20. The van der Waals surface area contributed by atoms with Gasteiger partial charge >= 0.3 is 0 Å². The van der Waals surface area contributed by atoms with Crippen LogP contribution in [0.3, 0.4) is 0 Å². The topological polar surface area (TPSA) is 79.9 Å². The molecule has 1 unspecified atom stereocenters. The quantitative estimate of drug-likeness (QED) is 0.812. The molecule has 2 N–H and O–H groups in total. The van der Waals surface area contributed by atoms with Gasteiger partial charge in [-0.05, 0) is 12.1 Å². The molecule has 1 fully saturated rings. The first kappa shape index (κ1) is 15.8. The van der Waals surface area contributed by atoms with E-state index in [4.69, 9.17) is 9.47 Å². The normalized spacial score (nSPS) is 21.0. The highest BCUT2D eigenvalue weighted by Crippen LogP contribution is 2.29. The standard InChI is InChI=1S/C16H21N3O4/c20-15(17-5-6-19-7-9-22-10-8-19)11-14-16(21)18-12-3-1-2-4-13(12)23-14/h1-4,14H,5-11H2,(H,17,20)(H,18,21). The summed E-state index contributed by atoms with van der Waals surface area (Å²) in [5, 5.41) is 5.60. The van der Waals surface area contributed by atoms with Gasteiger partial charge in [0.1, 0.15) is 5.75 Å². The minimum atomic E-state index is -0.784. The zero-order chi connectivity index (χ0) is 16.1. The van der Waals surface area contributed by atoms with Crippen LogP contribution in [0.25, 0.3) is 0 Å². The third-order valence-electron chi connectivity index (χ3n) is 3.93. The van der Waals surface area contributed by atoms with Crippen LogP contribution < -0.4 is 15.4 Å². The Bertz CT molecular complexity index is 572. The lowest BCUT2D eigenvalue weighted by Gasteiger charge is -2.27. The Morgan fingerprint density at radius 3 is 2.91 bits per heavy atom. The molecule has 2 heterocycles. The van der Waals surface area contributed by atoms with Crippen LogP contribution in [0, 0.1) is 0 Å². The van der Waals surface area contributed by atoms with Crippen molar-refractivity contribution in [2.45, 2.75) is 12.5 Å². The summed E-state index contributed by atoms with van der Waals surface area (Å²) in [7, 11) is 0. The maximum absolute atomic E-state index is 12.0. The van der Waals surface area contributed by atoms with Crippen LogP contribution in [0.4, 0.5) is 5.69 Å². The fraction of sp³-hybridized carbons (Fsp3) is 0.500. The highest BCUT2D eigenvalue weighted by atomic mass is 16.5. The van der Waals surface area contributed by atoms with E-state index in [0.717, 1.165) is 32.8 Å². The molecular weight excluding hydrogens is 298 g/mol. The van der Waals surface area contributed by atoms with Crippen LogP contribution in [-0.2, 0) is 14.3 Å². The van der Waals surface area contributed by atoms with Crippen LogP contribution in [0.15, 0.2) is 24.3 Å². The summed E-state index contributed by atoms with van der Waals surface area (Å²) < 4.78 is 10.9. The van der Waals surface area contributed by atoms with Crippen molar-refractivity contribution in [3.8, 4) is 5.75 Å². The zero-order valence-corrected chi connectivity index (χ0v) is 12.9. The first-order valence-corrected chi connectivity index (χ1v) is 7.86. The van der Waals surface area contributed by atoms with Gasteiger partial charge in [0, 0.05) is 26.2 Å². The predicted molar refractivity (Wildman–Crippen MR) is 84.4 cm³/mol. The van der Waals surface area contributed by atoms with Gasteiger partial charge in [0.05, 0.1) is 25.3 Å². The Balaban J connectivity index is 1.43. The molecule has 0 aliphatic carbocycles. The fourth-order valence-electron chi connectivity index (χ4n) is 2.65. The molecule has 23 heavy (non-hydrogen) atoms. The average molecular weight is 319 g/mol. The number of carbonyl (C=O) groups is 2. The van der Waals surface area contributed by atoms with Gasteiger partial charge in [-0.25, -0.2) is 0 Å². The van der Waals surface area contributed by atoms with Gasteiger partial charge in [-0.15, -0.1) is 0 Å². The zero-order valence-electron chi connectivity index (χ0n) is 12.9. The number of ether oxygens (including phenoxy) is 2. The molecule has 0 radical (unpaired) electrons. The van der Waals surface area contributed by atoms with E-state index in [1.54, 1.807) is 12.1 Å². The van der Waals surface area contributed by atoms with E-state index in [2.05, 4.69) is 15.5 Å². The second-order valence-electron chi connectivity index (χ2n) is 5.60. The van der Waals surface area contributed by atoms with Crippen molar-refractivity contribution < 1.29 is 19.1 Å². The second-order valence-corrected chi connectivity index (χ2v) is 5.60. The van der Waals surface area contributed by atoms with E-state index >= 15 is 0 Å². The van der Waals surface area contributed by atoms with Crippen molar-refractivity contribution in [3.63, 3.8) is 0 Å². The number of benzene rings is 1. The van der Waals surface area contributed by atoms with Gasteiger partial charge in [-0.2, -0.15) is 0 Å². The number of hydrogen-bond donors (Lipinski definition) is 2. The Morgan fingerprint density at radius 1 is 1.30 bits per heavy atom. The average Bonchev–Trinajstić information content (AvgIpc) is 2.56. The van der Waals surface area contributed by atoms with E-state index in [9.17, 15) is 9.59 Å². The van der Waals surface area contributed by atoms with Gasteiger partial charge in [-0.3, -0.25) is 14.5 Å². The Hall–Kier alpha value is -2.12. The minimum Gasteiger partial charge on any atom is -0.478 e. The minimum absolute atomic E-state index is 0.0171. The number of morpholine rings is 1. The monoisotopic (exact) mass is 319 g/mol. The molecule has 124 valence electrons. The summed E-state index contributed by atoms with van der Waals surface area (Å²) >= 11 is 0. The van der Waals surface area contributed by atoms with Gasteiger partial charge in [0.15, 0.2) is 6.10 Å². The number of rotatable bonds is 5. The van der Waals surface area contributed by atoms with Gasteiger partial charge in [0.25, 0.3) is 5.91 Å². The first-order valence-electron chi connectivity index (χ1n) is 7.86. The summed E-state index contributed by atoms with van der Waals surface area (Å²) in [6.07, 6.45) is -0.767. The SMILES string of the molecule is O=C(CC1Oc2ccccc2NC1=O)NCCN1CCOCC1.